The molecule has 0 spiro atoms. The first-order chi connectivity index (χ1) is 6.16. The molecule has 2 rings (SSSR count). The third-order valence-electron chi connectivity index (χ3n) is 1.71. The van der Waals surface area contributed by atoms with Crippen LogP contribution in [0.1, 0.15) is 0 Å². The van der Waals surface area contributed by atoms with Gasteiger partial charge in [-0.2, -0.15) is 0 Å². The van der Waals surface area contributed by atoms with Crippen molar-refractivity contribution in [2.75, 3.05) is 0 Å². The number of benzene rings is 1. The van der Waals surface area contributed by atoms with Crippen molar-refractivity contribution in [2.24, 2.45) is 0 Å². The monoisotopic (exact) mass is 301 g/mol. The summed E-state index contributed by atoms with van der Waals surface area (Å²) in [6.07, 6.45) is 0. The maximum atomic E-state index is 9.24. The van der Waals surface area contributed by atoms with Gasteiger partial charge in [0.05, 0.1) is 9.99 Å². The van der Waals surface area contributed by atoms with Gasteiger partial charge in [-0.3, -0.25) is 0 Å². The quantitative estimate of drug-likeness (QED) is 0.756. The number of hydrogen-bond acceptors (Lipinski definition) is 2. The predicted molar refractivity (Wildman–Crippen MR) is 58.8 cm³/mol. The summed E-state index contributed by atoms with van der Waals surface area (Å²) in [5.41, 5.74) is 0.855. The van der Waals surface area contributed by atoms with Crippen LogP contribution in [0.25, 0.3) is 10.9 Å². The molecule has 0 atom stereocenters. The first-order valence-electron chi connectivity index (χ1n) is 3.61. The average Bonchev–Trinajstić information content (AvgIpc) is 2.08. The first kappa shape index (κ1) is 8.97. The Morgan fingerprint density at radius 2 is 1.92 bits per heavy atom. The van der Waals surface area contributed by atoms with E-state index in [-0.39, 0.29) is 5.75 Å². The van der Waals surface area contributed by atoms with E-state index in [1.54, 1.807) is 18.2 Å². The van der Waals surface area contributed by atoms with Crippen LogP contribution in [-0.2, 0) is 0 Å². The van der Waals surface area contributed by atoms with Crippen LogP contribution in [0.3, 0.4) is 0 Å². The fourth-order valence-electron chi connectivity index (χ4n) is 1.11. The molecule has 1 N–H and O–H groups in total. The molecular formula is C9H5Br2NO. The molecule has 0 aliphatic rings. The summed E-state index contributed by atoms with van der Waals surface area (Å²) in [6.45, 7) is 0. The van der Waals surface area contributed by atoms with Gasteiger partial charge in [-0.15, -0.1) is 0 Å². The van der Waals surface area contributed by atoms with Crippen molar-refractivity contribution in [3.8, 4) is 5.75 Å². The van der Waals surface area contributed by atoms with Crippen LogP contribution in [-0.4, -0.2) is 10.1 Å². The van der Waals surface area contributed by atoms with E-state index in [0.717, 1.165) is 20.0 Å². The number of phenolic OH excluding ortho intramolecular Hbond substituents is 1. The minimum Gasteiger partial charge on any atom is -0.508 e. The lowest BCUT2D eigenvalue weighted by Gasteiger charge is -2.00. The molecule has 1 heterocycles. The maximum absolute atomic E-state index is 9.24. The summed E-state index contributed by atoms with van der Waals surface area (Å²) < 4.78 is 1.65. The zero-order valence-corrected chi connectivity index (χ0v) is 9.63. The second-order valence-corrected chi connectivity index (χ2v) is 4.24. The van der Waals surface area contributed by atoms with Crippen molar-refractivity contribution < 1.29 is 5.11 Å². The van der Waals surface area contributed by atoms with Gasteiger partial charge in [-0.1, -0.05) is 0 Å². The summed E-state index contributed by atoms with van der Waals surface area (Å²) >= 11 is 6.66. The van der Waals surface area contributed by atoms with E-state index in [9.17, 15) is 5.11 Å². The van der Waals surface area contributed by atoms with Gasteiger partial charge >= 0.3 is 0 Å². The van der Waals surface area contributed by atoms with Crippen LogP contribution in [0.5, 0.6) is 5.75 Å². The topological polar surface area (TPSA) is 33.1 Å². The molecule has 0 amide bonds. The zero-order valence-electron chi connectivity index (χ0n) is 6.46. The largest absolute Gasteiger partial charge is 0.508 e. The molecule has 4 heteroatoms. The Kier molecular flexibility index (Phi) is 2.26. The molecule has 0 aliphatic carbocycles. The maximum Gasteiger partial charge on any atom is 0.120 e. The number of nitrogens with zero attached hydrogens (tertiary/aromatic N) is 1. The lowest BCUT2D eigenvalue weighted by atomic mass is 10.2. The Bertz CT molecular complexity index is 470. The lowest BCUT2D eigenvalue weighted by molar-refractivity contribution is 0.476. The number of aromatic hydroxyl groups is 1. The highest BCUT2D eigenvalue weighted by molar-refractivity contribution is 9.13. The van der Waals surface area contributed by atoms with Crippen molar-refractivity contribution in [3.63, 3.8) is 0 Å². The minimum absolute atomic E-state index is 0.253. The number of phenols is 1. The Labute approximate surface area is 91.9 Å². The Hall–Kier alpha value is -0.610. The van der Waals surface area contributed by atoms with Gasteiger partial charge in [-0.25, -0.2) is 4.98 Å². The fourth-order valence-corrected chi connectivity index (χ4v) is 1.76. The van der Waals surface area contributed by atoms with Crippen molar-refractivity contribution in [1.82, 2.24) is 4.98 Å². The molecule has 2 nitrogen and oxygen atoms in total. The van der Waals surface area contributed by atoms with E-state index in [1.807, 2.05) is 6.07 Å². The van der Waals surface area contributed by atoms with Gasteiger partial charge in [0, 0.05) is 5.39 Å². The van der Waals surface area contributed by atoms with E-state index in [4.69, 9.17) is 0 Å². The number of fused-ring (bicyclic) bond motifs is 1. The number of pyridine rings is 1. The van der Waals surface area contributed by atoms with Crippen molar-refractivity contribution in [1.29, 1.82) is 0 Å². The van der Waals surface area contributed by atoms with Crippen LogP contribution in [0.15, 0.2) is 33.3 Å². The predicted octanol–water partition coefficient (Wildman–Crippen LogP) is 3.47. The van der Waals surface area contributed by atoms with E-state index in [0.29, 0.717) is 0 Å². The Balaban J connectivity index is 2.81. The van der Waals surface area contributed by atoms with Gasteiger partial charge < -0.3 is 5.11 Å². The molecule has 0 aliphatic heterocycles. The first-order valence-corrected chi connectivity index (χ1v) is 5.20. The lowest BCUT2D eigenvalue weighted by Crippen LogP contribution is -1.81. The SMILES string of the molecule is Oc1ccc2nc(Br)c(Br)cc2c1. The molecule has 0 radical (unpaired) electrons. The van der Waals surface area contributed by atoms with E-state index < -0.39 is 0 Å². The molecule has 0 unspecified atom stereocenters. The van der Waals surface area contributed by atoms with Gasteiger partial charge in [0.15, 0.2) is 0 Å². The van der Waals surface area contributed by atoms with Gasteiger partial charge in [0.25, 0.3) is 0 Å². The van der Waals surface area contributed by atoms with Crippen molar-refractivity contribution in [3.05, 3.63) is 33.3 Å². The summed E-state index contributed by atoms with van der Waals surface area (Å²) in [5, 5.41) is 10.1. The van der Waals surface area contributed by atoms with E-state index in [1.165, 1.54) is 0 Å². The standard InChI is InChI=1S/C9H5Br2NO/c10-7-4-5-3-6(13)1-2-8(5)12-9(7)11/h1-4,13H. The van der Waals surface area contributed by atoms with Crippen molar-refractivity contribution in [2.45, 2.75) is 0 Å². The van der Waals surface area contributed by atoms with Crippen molar-refractivity contribution >= 4 is 42.8 Å². The third-order valence-corrected chi connectivity index (χ3v) is 3.45. The number of halogens is 2. The molecule has 2 aromatic rings. The number of rotatable bonds is 0. The van der Waals surface area contributed by atoms with Crippen LogP contribution < -0.4 is 0 Å². The molecular weight excluding hydrogens is 298 g/mol. The molecule has 66 valence electrons. The second kappa shape index (κ2) is 3.27. The minimum atomic E-state index is 0.253. The van der Waals surface area contributed by atoms with Gasteiger partial charge in [-0.05, 0) is 56.1 Å². The molecule has 13 heavy (non-hydrogen) atoms. The molecule has 0 bridgehead atoms. The van der Waals surface area contributed by atoms with Crippen LogP contribution in [0.2, 0.25) is 0 Å². The smallest absolute Gasteiger partial charge is 0.120 e. The number of hydrogen-bond donors (Lipinski definition) is 1. The fraction of sp³-hybridized carbons (Fsp3) is 0. The van der Waals surface area contributed by atoms with Crippen LogP contribution >= 0.6 is 31.9 Å². The van der Waals surface area contributed by atoms with Gasteiger partial charge in [0.2, 0.25) is 0 Å². The Morgan fingerprint density at radius 3 is 2.69 bits per heavy atom. The highest BCUT2D eigenvalue weighted by Gasteiger charge is 2.01. The molecule has 1 aromatic carbocycles. The summed E-state index contributed by atoms with van der Waals surface area (Å²) in [7, 11) is 0. The zero-order chi connectivity index (χ0) is 9.42. The summed E-state index contributed by atoms with van der Waals surface area (Å²) in [5.74, 6) is 0.253. The Morgan fingerprint density at radius 1 is 1.15 bits per heavy atom. The van der Waals surface area contributed by atoms with Gasteiger partial charge in [0.1, 0.15) is 10.4 Å². The second-order valence-electron chi connectivity index (χ2n) is 2.64. The molecule has 1 aromatic heterocycles. The van der Waals surface area contributed by atoms with E-state index >= 15 is 0 Å². The number of aromatic nitrogens is 1. The normalized spacial score (nSPS) is 10.6. The molecule has 0 fully saturated rings. The van der Waals surface area contributed by atoms with Crippen LogP contribution in [0, 0.1) is 0 Å². The highest BCUT2D eigenvalue weighted by Crippen LogP contribution is 2.27. The molecule has 0 saturated carbocycles. The molecule has 0 saturated heterocycles. The van der Waals surface area contributed by atoms with Crippen LogP contribution in [0.4, 0.5) is 0 Å². The highest BCUT2D eigenvalue weighted by atomic mass is 79.9. The summed E-state index contributed by atoms with van der Waals surface area (Å²) in [6, 6.07) is 6.99. The summed E-state index contributed by atoms with van der Waals surface area (Å²) in [4.78, 5) is 4.27. The van der Waals surface area contributed by atoms with E-state index in [2.05, 4.69) is 36.8 Å². The third kappa shape index (κ3) is 1.69. The average molecular weight is 303 g/mol.